The van der Waals surface area contributed by atoms with E-state index in [1.54, 1.807) is 0 Å². The Morgan fingerprint density at radius 1 is 1.48 bits per heavy atom. The van der Waals surface area contributed by atoms with E-state index < -0.39 is 6.36 Å². The van der Waals surface area contributed by atoms with Gasteiger partial charge in [0.25, 0.3) is 0 Å². The van der Waals surface area contributed by atoms with Gasteiger partial charge in [0.1, 0.15) is 5.75 Å². The van der Waals surface area contributed by atoms with E-state index in [1.807, 2.05) is 6.92 Å². The highest BCUT2D eigenvalue weighted by atomic mass is 32.2. The summed E-state index contributed by atoms with van der Waals surface area (Å²) in [6.45, 7) is 2.61. The fourth-order valence-corrected chi connectivity index (χ4v) is 2.80. The molecule has 2 rings (SSSR count). The molecule has 0 spiro atoms. The second kappa shape index (κ2) is 6.52. The van der Waals surface area contributed by atoms with Gasteiger partial charge < -0.3 is 15.4 Å². The van der Waals surface area contributed by atoms with Crippen molar-refractivity contribution >= 4 is 39.9 Å². The number of aliphatic imine (C=N–C) groups is 1. The van der Waals surface area contributed by atoms with Gasteiger partial charge in [0.15, 0.2) is 10.3 Å². The van der Waals surface area contributed by atoms with Gasteiger partial charge in [0, 0.05) is 12.3 Å². The number of benzene rings is 1. The summed E-state index contributed by atoms with van der Waals surface area (Å²) in [5, 5.41) is 6.94. The Morgan fingerprint density at radius 2 is 2.24 bits per heavy atom. The fourth-order valence-electron chi connectivity index (χ4n) is 1.64. The van der Waals surface area contributed by atoms with Crippen molar-refractivity contribution in [3.05, 3.63) is 23.8 Å². The molecule has 1 aromatic rings. The highest BCUT2D eigenvalue weighted by Gasteiger charge is 2.31. The van der Waals surface area contributed by atoms with Crippen LogP contribution in [0.15, 0.2) is 23.2 Å². The molecular weight excluding hydrogens is 323 g/mol. The number of nitrogens with one attached hydrogen (secondary N) is 2. The number of thiocarbonyl (C=S) groups is 1. The number of hydrogen-bond donors (Lipinski definition) is 2. The zero-order valence-electron chi connectivity index (χ0n) is 11.0. The molecule has 0 saturated heterocycles. The number of ether oxygens (including phenoxy) is 1. The molecule has 1 heterocycles. The first-order valence-electron chi connectivity index (χ1n) is 6.02. The molecule has 21 heavy (non-hydrogen) atoms. The summed E-state index contributed by atoms with van der Waals surface area (Å²) in [7, 11) is 0. The molecule has 4 nitrogen and oxygen atoms in total. The van der Waals surface area contributed by atoms with Gasteiger partial charge in [0.2, 0.25) is 0 Å². The van der Waals surface area contributed by atoms with Crippen molar-refractivity contribution in [3.63, 3.8) is 0 Å². The maximum atomic E-state index is 12.2. The number of alkyl halides is 3. The summed E-state index contributed by atoms with van der Waals surface area (Å²) < 4.78 is 40.4. The zero-order chi connectivity index (χ0) is 15.5. The average molecular weight is 335 g/mol. The largest absolute Gasteiger partial charge is 0.573 e. The van der Waals surface area contributed by atoms with Crippen LogP contribution in [0.3, 0.4) is 0 Å². The number of amidine groups is 1. The molecule has 0 saturated carbocycles. The quantitative estimate of drug-likeness (QED) is 0.812. The van der Waals surface area contributed by atoms with Crippen molar-refractivity contribution in [1.82, 2.24) is 10.6 Å². The van der Waals surface area contributed by atoms with Gasteiger partial charge in [-0.3, -0.25) is 0 Å². The molecule has 9 heteroatoms. The highest BCUT2D eigenvalue weighted by Crippen LogP contribution is 2.34. The van der Waals surface area contributed by atoms with Crippen molar-refractivity contribution in [1.29, 1.82) is 0 Å². The molecule has 0 fully saturated rings. The lowest BCUT2D eigenvalue weighted by atomic mass is 10.2. The molecule has 114 valence electrons. The Bertz CT molecular complexity index is 575. The molecule has 1 aliphatic heterocycles. The van der Waals surface area contributed by atoms with Crippen LogP contribution in [-0.2, 0) is 5.75 Å². The molecule has 2 N–H and O–H groups in total. The highest BCUT2D eigenvalue weighted by molar-refractivity contribution is 8.13. The first-order valence-corrected chi connectivity index (χ1v) is 7.42. The van der Waals surface area contributed by atoms with E-state index in [2.05, 4.69) is 20.4 Å². The summed E-state index contributed by atoms with van der Waals surface area (Å²) in [4.78, 5) is 4.31. The molecule has 0 amide bonds. The van der Waals surface area contributed by atoms with E-state index in [4.69, 9.17) is 12.2 Å². The Hall–Kier alpha value is -1.48. The molecule has 1 aromatic carbocycles. The second-order valence-electron chi connectivity index (χ2n) is 4.03. The number of rotatable bonds is 2. The fraction of sp³-hybridized carbons (Fsp3) is 0.333. The minimum Gasteiger partial charge on any atom is -0.406 e. The molecule has 1 aliphatic rings. The standard InChI is InChI=1S/C12H12F3N3OS2/c1-2-16-10(20)18-11-17-9-4-3-8(19-12(13,14)15)5-7(9)6-21-11/h3-5H,2,6H2,1H3,(H2,16,17,18,20). The van der Waals surface area contributed by atoms with Crippen LogP contribution in [0.5, 0.6) is 5.75 Å². The van der Waals surface area contributed by atoms with Gasteiger partial charge in [-0.15, -0.1) is 13.2 Å². The summed E-state index contributed by atoms with van der Waals surface area (Å²) in [6.07, 6.45) is -4.69. The zero-order valence-corrected chi connectivity index (χ0v) is 12.6. The Morgan fingerprint density at radius 3 is 2.90 bits per heavy atom. The lowest BCUT2D eigenvalue weighted by Gasteiger charge is -2.18. The second-order valence-corrected chi connectivity index (χ2v) is 5.40. The minimum atomic E-state index is -4.69. The van der Waals surface area contributed by atoms with Crippen molar-refractivity contribution < 1.29 is 17.9 Å². The van der Waals surface area contributed by atoms with Crippen molar-refractivity contribution in [2.24, 2.45) is 4.99 Å². The molecule has 0 atom stereocenters. The van der Waals surface area contributed by atoms with E-state index >= 15 is 0 Å². The van der Waals surface area contributed by atoms with Gasteiger partial charge in [-0.2, -0.15) is 0 Å². The predicted molar refractivity (Wildman–Crippen MR) is 80.9 cm³/mol. The maximum Gasteiger partial charge on any atom is 0.573 e. The van der Waals surface area contributed by atoms with Gasteiger partial charge in [0.05, 0.1) is 5.69 Å². The van der Waals surface area contributed by atoms with Gasteiger partial charge in [-0.1, -0.05) is 11.8 Å². The first-order chi connectivity index (χ1) is 9.87. The minimum absolute atomic E-state index is 0.239. The number of nitrogens with zero attached hydrogens (tertiary/aromatic N) is 1. The van der Waals surface area contributed by atoms with Crippen LogP contribution in [-0.4, -0.2) is 23.2 Å². The molecular formula is C12H12F3N3OS2. The molecule has 0 unspecified atom stereocenters. The maximum absolute atomic E-state index is 12.2. The summed E-state index contributed by atoms with van der Waals surface area (Å²) in [5.41, 5.74) is 1.28. The van der Waals surface area contributed by atoms with Crippen LogP contribution in [0.1, 0.15) is 12.5 Å². The van der Waals surface area contributed by atoms with Crippen molar-refractivity contribution in [3.8, 4) is 5.75 Å². The first kappa shape index (κ1) is 15.9. The van der Waals surface area contributed by atoms with Crippen LogP contribution in [0.25, 0.3) is 0 Å². The van der Waals surface area contributed by atoms with Crippen molar-refractivity contribution in [2.45, 2.75) is 19.0 Å². The Labute approximate surface area is 129 Å². The molecule has 0 aliphatic carbocycles. The molecule has 0 bridgehead atoms. The van der Waals surface area contributed by atoms with Gasteiger partial charge in [-0.25, -0.2) is 4.99 Å². The van der Waals surface area contributed by atoms with E-state index in [-0.39, 0.29) is 5.75 Å². The third kappa shape index (κ3) is 4.78. The summed E-state index contributed by atoms with van der Waals surface area (Å²) in [5.74, 6) is 0.252. The molecule has 0 aromatic heterocycles. The topological polar surface area (TPSA) is 45.7 Å². The van der Waals surface area contributed by atoms with E-state index in [9.17, 15) is 13.2 Å². The van der Waals surface area contributed by atoms with Crippen LogP contribution in [0, 0.1) is 0 Å². The summed E-state index contributed by atoms with van der Waals surface area (Å²) >= 11 is 6.41. The van der Waals surface area contributed by atoms with Crippen LogP contribution >= 0.6 is 24.0 Å². The monoisotopic (exact) mass is 335 g/mol. The van der Waals surface area contributed by atoms with Crippen LogP contribution in [0.4, 0.5) is 18.9 Å². The normalized spacial score (nSPS) is 14.0. The van der Waals surface area contributed by atoms with Gasteiger partial charge in [-0.05, 0) is 42.9 Å². The number of thioether (sulfide) groups is 1. The van der Waals surface area contributed by atoms with E-state index in [1.165, 1.54) is 30.0 Å². The predicted octanol–water partition coefficient (Wildman–Crippen LogP) is 3.30. The lowest BCUT2D eigenvalue weighted by molar-refractivity contribution is -0.274. The van der Waals surface area contributed by atoms with E-state index in [0.29, 0.717) is 33.8 Å². The third-order valence-corrected chi connectivity index (χ3v) is 3.60. The number of fused-ring (bicyclic) bond motifs is 1. The Kier molecular flexibility index (Phi) is 4.94. The summed E-state index contributed by atoms with van der Waals surface area (Å²) in [6, 6.07) is 4.08. The number of halogens is 3. The molecule has 0 radical (unpaired) electrons. The lowest BCUT2D eigenvalue weighted by Crippen LogP contribution is -2.38. The third-order valence-electron chi connectivity index (χ3n) is 2.43. The van der Waals surface area contributed by atoms with E-state index in [0.717, 1.165) is 0 Å². The number of hydrogen-bond acceptors (Lipinski definition) is 4. The smallest absolute Gasteiger partial charge is 0.406 e. The van der Waals surface area contributed by atoms with Gasteiger partial charge >= 0.3 is 6.36 Å². The van der Waals surface area contributed by atoms with Crippen LogP contribution < -0.4 is 15.4 Å². The Balaban J connectivity index is 2.11. The average Bonchev–Trinajstić information content (AvgIpc) is 2.37. The SMILES string of the molecule is CCNC(=S)NC1=Nc2ccc(OC(F)(F)F)cc2CS1. The van der Waals surface area contributed by atoms with Crippen LogP contribution in [0.2, 0.25) is 0 Å². The van der Waals surface area contributed by atoms with Crippen molar-refractivity contribution in [2.75, 3.05) is 6.54 Å².